The second-order valence-electron chi connectivity index (χ2n) is 6.03. The van der Waals surface area contributed by atoms with Gasteiger partial charge in [-0.25, -0.2) is 4.79 Å². The first kappa shape index (κ1) is 14.4. The van der Waals surface area contributed by atoms with Crippen LogP contribution in [0.5, 0.6) is 0 Å². The van der Waals surface area contributed by atoms with Crippen molar-refractivity contribution in [1.82, 2.24) is 15.1 Å². The minimum atomic E-state index is 0.128. The molecule has 0 bridgehead atoms. The summed E-state index contributed by atoms with van der Waals surface area (Å²) in [4.78, 5) is 16.4. The second-order valence-corrected chi connectivity index (χ2v) is 6.03. The first-order valence-electron chi connectivity index (χ1n) is 8.13. The molecule has 0 saturated carbocycles. The van der Waals surface area contributed by atoms with E-state index in [1.54, 1.807) is 0 Å². The normalized spacial score (nSPS) is 22.3. The van der Waals surface area contributed by atoms with Crippen LogP contribution in [0.1, 0.15) is 37.8 Å². The topological polar surface area (TPSA) is 35.6 Å². The van der Waals surface area contributed by atoms with E-state index < -0.39 is 0 Å². The van der Waals surface area contributed by atoms with Gasteiger partial charge in [-0.1, -0.05) is 37.3 Å². The van der Waals surface area contributed by atoms with Crippen molar-refractivity contribution < 1.29 is 4.79 Å². The van der Waals surface area contributed by atoms with Crippen LogP contribution >= 0.6 is 0 Å². The predicted octanol–water partition coefficient (Wildman–Crippen LogP) is 2.63. The lowest BCUT2D eigenvalue weighted by molar-refractivity contribution is 0.104. The van der Waals surface area contributed by atoms with Gasteiger partial charge in [0.1, 0.15) is 0 Å². The van der Waals surface area contributed by atoms with E-state index in [1.165, 1.54) is 5.56 Å². The highest BCUT2D eigenvalue weighted by molar-refractivity contribution is 5.76. The Bertz CT molecular complexity index is 468. The summed E-state index contributed by atoms with van der Waals surface area (Å²) in [5.41, 5.74) is 1.41. The van der Waals surface area contributed by atoms with Gasteiger partial charge in [0, 0.05) is 38.3 Å². The molecular weight excluding hydrogens is 262 g/mol. The summed E-state index contributed by atoms with van der Waals surface area (Å²) in [6.45, 7) is 6.11. The van der Waals surface area contributed by atoms with Crippen molar-refractivity contribution in [1.29, 1.82) is 0 Å². The zero-order valence-electron chi connectivity index (χ0n) is 12.8. The SMILES string of the molecule is CCC(c1ccccc1)N1CCC(N2CCNC2=O)CC1. The molecule has 1 aromatic carbocycles. The molecular formula is C17H25N3O. The molecule has 2 saturated heterocycles. The van der Waals surface area contributed by atoms with Crippen LogP contribution in [0.15, 0.2) is 30.3 Å². The van der Waals surface area contributed by atoms with E-state index in [2.05, 4.69) is 47.5 Å². The molecule has 1 N–H and O–H groups in total. The van der Waals surface area contributed by atoms with Crippen molar-refractivity contribution in [3.05, 3.63) is 35.9 Å². The van der Waals surface area contributed by atoms with E-state index in [0.29, 0.717) is 12.1 Å². The Morgan fingerprint density at radius 2 is 1.90 bits per heavy atom. The average Bonchev–Trinajstić information content (AvgIpc) is 2.96. The number of amides is 2. The standard InChI is InChI=1S/C17H25N3O/c1-2-16(14-6-4-3-5-7-14)19-11-8-15(9-12-19)20-13-10-18-17(20)21/h3-7,15-16H,2,8-13H2,1H3,(H,18,21). The number of hydrogen-bond acceptors (Lipinski definition) is 2. The zero-order valence-corrected chi connectivity index (χ0v) is 12.8. The molecule has 2 aliphatic heterocycles. The molecule has 1 unspecified atom stereocenters. The fourth-order valence-electron chi connectivity index (χ4n) is 3.72. The van der Waals surface area contributed by atoms with Crippen LogP contribution in [0.2, 0.25) is 0 Å². The summed E-state index contributed by atoms with van der Waals surface area (Å²) in [5, 5.41) is 2.91. The fourth-order valence-corrected chi connectivity index (χ4v) is 3.72. The molecule has 114 valence electrons. The van der Waals surface area contributed by atoms with Gasteiger partial charge in [-0.3, -0.25) is 4.90 Å². The van der Waals surface area contributed by atoms with Crippen molar-refractivity contribution in [2.75, 3.05) is 26.2 Å². The van der Waals surface area contributed by atoms with E-state index in [9.17, 15) is 4.79 Å². The van der Waals surface area contributed by atoms with Gasteiger partial charge in [0.15, 0.2) is 0 Å². The van der Waals surface area contributed by atoms with Crippen molar-refractivity contribution in [2.45, 2.75) is 38.3 Å². The first-order chi connectivity index (χ1) is 10.3. The molecule has 2 amide bonds. The van der Waals surface area contributed by atoms with E-state index in [1.807, 2.05) is 4.90 Å². The summed E-state index contributed by atoms with van der Waals surface area (Å²) < 4.78 is 0. The van der Waals surface area contributed by atoms with Gasteiger partial charge in [-0.15, -0.1) is 0 Å². The summed E-state index contributed by atoms with van der Waals surface area (Å²) in [6.07, 6.45) is 3.33. The lowest BCUT2D eigenvalue weighted by Crippen LogP contribution is -2.46. The van der Waals surface area contributed by atoms with Gasteiger partial charge in [-0.2, -0.15) is 0 Å². The third kappa shape index (κ3) is 3.05. The van der Waals surface area contributed by atoms with Gasteiger partial charge < -0.3 is 10.2 Å². The van der Waals surface area contributed by atoms with Crippen LogP contribution in [-0.4, -0.2) is 48.1 Å². The maximum atomic E-state index is 11.8. The van der Waals surface area contributed by atoms with E-state index >= 15 is 0 Å². The number of nitrogens with zero attached hydrogens (tertiary/aromatic N) is 2. The number of carbonyl (C=O) groups is 1. The van der Waals surface area contributed by atoms with Crippen LogP contribution in [0.3, 0.4) is 0 Å². The number of benzene rings is 1. The number of urea groups is 1. The van der Waals surface area contributed by atoms with Gasteiger partial charge in [0.25, 0.3) is 0 Å². The Labute approximate surface area is 127 Å². The smallest absolute Gasteiger partial charge is 0.317 e. The van der Waals surface area contributed by atoms with Crippen LogP contribution in [0.4, 0.5) is 4.79 Å². The average molecular weight is 287 g/mol. The molecule has 2 heterocycles. The monoisotopic (exact) mass is 287 g/mol. The van der Waals surface area contributed by atoms with Crippen molar-refractivity contribution in [2.24, 2.45) is 0 Å². The largest absolute Gasteiger partial charge is 0.336 e. The van der Waals surface area contributed by atoms with Crippen LogP contribution in [0, 0.1) is 0 Å². The van der Waals surface area contributed by atoms with Gasteiger partial charge in [0.2, 0.25) is 0 Å². The Morgan fingerprint density at radius 3 is 2.48 bits per heavy atom. The van der Waals surface area contributed by atoms with Gasteiger partial charge in [0.05, 0.1) is 0 Å². The molecule has 4 nitrogen and oxygen atoms in total. The molecule has 0 spiro atoms. The molecule has 21 heavy (non-hydrogen) atoms. The van der Waals surface area contributed by atoms with Gasteiger partial charge >= 0.3 is 6.03 Å². The lowest BCUT2D eigenvalue weighted by atomic mass is 9.97. The third-order valence-corrected chi connectivity index (χ3v) is 4.84. The summed E-state index contributed by atoms with van der Waals surface area (Å²) in [7, 11) is 0. The van der Waals surface area contributed by atoms with Gasteiger partial charge in [-0.05, 0) is 24.8 Å². The predicted molar refractivity (Wildman–Crippen MR) is 84.2 cm³/mol. The first-order valence-corrected chi connectivity index (χ1v) is 8.13. The molecule has 2 aliphatic rings. The summed E-state index contributed by atoms with van der Waals surface area (Å²) >= 11 is 0. The van der Waals surface area contributed by atoms with E-state index in [-0.39, 0.29) is 6.03 Å². The maximum Gasteiger partial charge on any atom is 0.317 e. The van der Waals surface area contributed by atoms with Crippen LogP contribution in [0.25, 0.3) is 0 Å². The molecule has 1 atom stereocenters. The Hall–Kier alpha value is -1.55. The lowest BCUT2D eigenvalue weighted by Gasteiger charge is -2.40. The molecule has 1 aromatic rings. The molecule has 4 heteroatoms. The minimum absolute atomic E-state index is 0.128. The molecule has 0 aromatic heterocycles. The highest BCUT2D eigenvalue weighted by atomic mass is 16.2. The number of nitrogens with one attached hydrogen (secondary N) is 1. The van der Waals surface area contributed by atoms with E-state index in [4.69, 9.17) is 0 Å². The molecule has 3 rings (SSSR count). The quantitative estimate of drug-likeness (QED) is 0.924. The third-order valence-electron chi connectivity index (χ3n) is 4.84. The Kier molecular flexibility index (Phi) is 4.44. The summed E-state index contributed by atoms with van der Waals surface area (Å²) in [6, 6.07) is 11.9. The van der Waals surface area contributed by atoms with Crippen molar-refractivity contribution in [3.8, 4) is 0 Å². The van der Waals surface area contributed by atoms with Crippen LogP contribution < -0.4 is 5.32 Å². The van der Waals surface area contributed by atoms with E-state index in [0.717, 1.165) is 45.4 Å². The molecule has 0 aliphatic carbocycles. The van der Waals surface area contributed by atoms with Crippen molar-refractivity contribution >= 4 is 6.03 Å². The number of carbonyl (C=O) groups excluding carboxylic acids is 1. The molecule has 0 radical (unpaired) electrons. The summed E-state index contributed by atoms with van der Waals surface area (Å²) in [5.74, 6) is 0. The number of piperidine rings is 1. The number of likely N-dealkylation sites (tertiary alicyclic amines) is 1. The number of hydrogen-bond donors (Lipinski definition) is 1. The van der Waals surface area contributed by atoms with Crippen LogP contribution in [-0.2, 0) is 0 Å². The highest BCUT2D eigenvalue weighted by Gasteiger charge is 2.32. The zero-order chi connectivity index (χ0) is 14.7. The molecule has 2 fully saturated rings. The fraction of sp³-hybridized carbons (Fsp3) is 0.588. The minimum Gasteiger partial charge on any atom is -0.336 e. The highest BCUT2D eigenvalue weighted by Crippen LogP contribution is 2.28. The van der Waals surface area contributed by atoms with Crippen molar-refractivity contribution in [3.63, 3.8) is 0 Å². The number of rotatable bonds is 4. The Balaban J connectivity index is 1.61. The second kappa shape index (κ2) is 6.48. The maximum absolute atomic E-state index is 11.8. The Morgan fingerprint density at radius 1 is 1.19 bits per heavy atom.